The Morgan fingerprint density at radius 3 is 2.25 bits per heavy atom. The third kappa shape index (κ3) is 6.24. The molecule has 172 valence electrons. The van der Waals surface area contributed by atoms with Crippen LogP contribution >= 0.6 is 0 Å². The van der Waals surface area contributed by atoms with Crippen LogP contribution < -0.4 is 19.5 Å². The van der Waals surface area contributed by atoms with Gasteiger partial charge in [-0.1, -0.05) is 26.8 Å². The van der Waals surface area contributed by atoms with Crippen molar-refractivity contribution in [2.24, 2.45) is 5.41 Å². The minimum absolute atomic E-state index is 0.0373. The monoisotopic (exact) mass is 462 g/mol. The molecule has 0 saturated carbocycles. The summed E-state index contributed by atoms with van der Waals surface area (Å²) in [4.78, 5) is 22.8. The summed E-state index contributed by atoms with van der Waals surface area (Å²) >= 11 is 0. The van der Waals surface area contributed by atoms with E-state index in [1.54, 1.807) is 32.9 Å². The SMILES string of the molecule is COc1cc(/C=C/C(=O)O)cc(S(=O)(=O)Nc2cccc(NC(=O)C(C)(C)C)c2)c1OC. The average Bonchev–Trinajstić information content (AvgIpc) is 2.70. The van der Waals surface area contributed by atoms with Crippen LogP contribution in [0.15, 0.2) is 47.4 Å². The number of methoxy groups -OCH3 is 2. The van der Waals surface area contributed by atoms with Gasteiger partial charge in [0, 0.05) is 17.2 Å². The number of sulfonamides is 1. The molecule has 32 heavy (non-hydrogen) atoms. The number of aliphatic carboxylic acids is 1. The van der Waals surface area contributed by atoms with Gasteiger partial charge >= 0.3 is 5.97 Å². The van der Waals surface area contributed by atoms with E-state index in [-0.39, 0.29) is 33.6 Å². The summed E-state index contributed by atoms with van der Waals surface area (Å²) in [5, 5.41) is 11.6. The molecule has 0 bridgehead atoms. The third-order valence-electron chi connectivity index (χ3n) is 4.23. The van der Waals surface area contributed by atoms with Gasteiger partial charge in [0.2, 0.25) is 5.91 Å². The van der Waals surface area contributed by atoms with Crippen molar-refractivity contribution in [3.05, 3.63) is 48.0 Å². The molecule has 10 heteroatoms. The smallest absolute Gasteiger partial charge is 0.328 e. The lowest BCUT2D eigenvalue weighted by molar-refractivity contribution is -0.131. The Morgan fingerprint density at radius 1 is 1.03 bits per heavy atom. The van der Waals surface area contributed by atoms with Crippen LogP contribution in [0.5, 0.6) is 11.5 Å². The normalized spacial score (nSPS) is 11.8. The number of carbonyl (C=O) groups is 2. The zero-order valence-electron chi connectivity index (χ0n) is 18.4. The summed E-state index contributed by atoms with van der Waals surface area (Å²) in [6.07, 6.45) is 2.12. The molecule has 0 aliphatic rings. The molecule has 0 aliphatic carbocycles. The number of carboxylic acids is 1. The standard InChI is InChI=1S/C22H26N2O7S/c1-22(2,3)21(27)23-15-7-6-8-16(13-15)24-32(28,29)18-12-14(9-10-19(25)26)11-17(30-4)20(18)31-5/h6-13,24H,1-5H3,(H,23,27)(H,25,26)/b10-9+. The maximum atomic E-state index is 13.2. The van der Waals surface area contributed by atoms with E-state index in [9.17, 15) is 18.0 Å². The summed E-state index contributed by atoms with van der Waals surface area (Å²) in [6, 6.07) is 8.98. The molecule has 0 spiro atoms. The minimum Gasteiger partial charge on any atom is -0.493 e. The summed E-state index contributed by atoms with van der Waals surface area (Å²) < 4.78 is 39.2. The van der Waals surface area contributed by atoms with Gasteiger partial charge in [0.05, 0.1) is 19.9 Å². The average molecular weight is 463 g/mol. The lowest BCUT2D eigenvalue weighted by Gasteiger charge is -2.18. The van der Waals surface area contributed by atoms with Gasteiger partial charge in [0.25, 0.3) is 10.0 Å². The molecular weight excluding hydrogens is 436 g/mol. The molecule has 0 atom stereocenters. The molecule has 2 aromatic rings. The van der Waals surface area contributed by atoms with Crippen LogP contribution in [-0.2, 0) is 19.6 Å². The van der Waals surface area contributed by atoms with Gasteiger partial charge in [-0.25, -0.2) is 13.2 Å². The quantitative estimate of drug-likeness (QED) is 0.511. The van der Waals surface area contributed by atoms with Crippen LogP contribution in [0.4, 0.5) is 11.4 Å². The molecular formula is C22H26N2O7S. The molecule has 0 heterocycles. The minimum atomic E-state index is -4.17. The molecule has 2 aromatic carbocycles. The molecule has 3 N–H and O–H groups in total. The molecule has 2 rings (SSSR count). The number of carbonyl (C=O) groups excluding carboxylic acids is 1. The van der Waals surface area contributed by atoms with Gasteiger partial charge < -0.3 is 19.9 Å². The Morgan fingerprint density at radius 2 is 1.69 bits per heavy atom. The number of nitrogens with one attached hydrogen (secondary N) is 2. The van der Waals surface area contributed by atoms with Crippen molar-refractivity contribution in [2.45, 2.75) is 25.7 Å². The van der Waals surface area contributed by atoms with E-state index in [4.69, 9.17) is 14.6 Å². The van der Waals surface area contributed by atoms with Crippen molar-refractivity contribution >= 4 is 39.4 Å². The van der Waals surface area contributed by atoms with Gasteiger partial charge in [-0.15, -0.1) is 0 Å². The molecule has 0 fully saturated rings. The summed E-state index contributed by atoms with van der Waals surface area (Å²) in [5.41, 5.74) is 0.303. The fourth-order valence-corrected chi connectivity index (χ4v) is 3.87. The number of ether oxygens (including phenoxy) is 2. The van der Waals surface area contributed by atoms with Crippen molar-refractivity contribution in [3.63, 3.8) is 0 Å². The summed E-state index contributed by atoms with van der Waals surface area (Å²) in [7, 11) is -1.53. The molecule has 1 amide bonds. The molecule has 0 aliphatic heterocycles. The fourth-order valence-electron chi connectivity index (χ4n) is 2.60. The van der Waals surface area contributed by atoms with Crippen molar-refractivity contribution in [3.8, 4) is 11.5 Å². The highest BCUT2D eigenvalue weighted by Gasteiger charge is 2.25. The molecule has 0 radical (unpaired) electrons. The van der Waals surface area contributed by atoms with Crippen LogP contribution in [0.3, 0.4) is 0 Å². The van der Waals surface area contributed by atoms with E-state index in [2.05, 4.69) is 10.0 Å². The van der Waals surface area contributed by atoms with Gasteiger partial charge in [0.15, 0.2) is 11.5 Å². The van der Waals surface area contributed by atoms with E-state index in [1.807, 2.05) is 0 Å². The first-order chi connectivity index (χ1) is 14.9. The van der Waals surface area contributed by atoms with E-state index < -0.39 is 21.4 Å². The second-order valence-electron chi connectivity index (χ2n) is 7.82. The third-order valence-corrected chi connectivity index (χ3v) is 5.62. The molecule has 0 aromatic heterocycles. The van der Waals surface area contributed by atoms with Crippen LogP contribution in [0, 0.1) is 5.41 Å². The predicted octanol–water partition coefficient (Wildman–Crippen LogP) is 3.59. The van der Waals surface area contributed by atoms with E-state index >= 15 is 0 Å². The fraction of sp³-hybridized carbons (Fsp3) is 0.273. The first-order valence-electron chi connectivity index (χ1n) is 9.48. The zero-order valence-corrected chi connectivity index (χ0v) is 19.2. The highest BCUT2D eigenvalue weighted by Crippen LogP contribution is 2.37. The van der Waals surface area contributed by atoms with Crippen LogP contribution in [0.1, 0.15) is 26.3 Å². The summed E-state index contributed by atoms with van der Waals surface area (Å²) in [6.45, 7) is 5.29. The number of hydrogen-bond acceptors (Lipinski definition) is 6. The maximum absolute atomic E-state index is 13.2. The lowest BCUT2D eigenvalue weighted by atomic mass is 9.95. The predicted molar refractivity (Wildman–Crippen MR) is 122 cm³/mol. The highest BCUT2D eigenvalue weighted by atomic mass is 32.2. The van der Waals surface area contributed by atoms with Crippen molar-refractivity contribution in [1.82, 2.24) is 0 Å². The van der Waals surface area contributed by atoms with Gasteiger partial charge in [-0.3, -0.25) is 9.52 Å². The molecule has 0 unspecified atom stereocenters. The second kappa shape index (κ2) is 9.73. The highest BCUT2D eigenvalue weighted by molar-refractivity contribution is 7.92. The zero-order chi connectivity index (χ0) is 24.1. The Labute approximate surface area is 187 Å². The van der Waals surface area contributed by atoms with E-state index in [0.29, 0.717) is 5.69 Å². The Balaban J connectivity index is 2.45. The number of benzene rings is 2. The largest absolute Gasteiger partial charge is 0.493 e. The van der Waals surface area contributed by atoms with Crippen LogP contribution in [0.2, 0.25) is 0 Å². The van der Waals surface area contributed by atoms with Gasteiger partial charge in [-0.2, -0.15) is 0 Å². The Bertz CT molecular complexity index is 1150. The van der Waals surface area contributed by atoms with Gasteiger partial charge in [0.1, 0.15) is 4.90 Å². The number of anilines is 2. The van der Waals surface area contributed by atoms with Crippen LogP contribution in [-0.4, -0.2) is 39.6 Å². The van der Waals surface area contributed by atoms with E-state index in [1.165, 1.54) is 44.6 Å². The maximum Gasteiger partial charge on any atom is 0.328 e. The second-order valence-corrected chi connectivity index (χ2v) is 9.47. The number of carboxylic acid groups (broad SMARTS) is 1. The first kappa shape index (κ1) is 24.7. The molecule has 9 nitrogen and oxygen atoms in total. The first-order valence-corrected chi connectivity index (χ1v) is 11.0. The number of hydrogen-bond donors (Lipinski definition) is 3. The lowest BCUT2D eigenvalue weighted by Crippen LogP contribution is -2.27. The Kier molecular flexibility index (Phi) is 7.52. The van der Waals surface area contributed by atoms with Crippen LogP contribution in [0.25, 0.3) is 6.08 Å². The van der Waals surface area contributed by atoms with Crippen molar-refractivity contribution in [2.75, 3.05) is 24.3 Å². The number of amides is 1. The van der Waals surface area contributed by atoms with Crippen molar-refractivity contribution in [1.29, 1.82) is 0 Å². The topological polar surface area (TPSA) is 131 Å². The van der Waals surface area contributed by atoms with Crippen molar-refractivity contribution < 1.29 is 32.6 Å². The Hall–Kier alpha value is -3.53. The number of rotatable bonds is 8. The van der Waals surface area contributed by atoms with Gasteiger partial charge in [-0.05, 0) is 42.0 Å². The van der Waals surface area contributed by atoms with E-state index in [0.717, 1.165) is 6.08 Å². The molecule has 0 saturated heterocycles. The summed E-state index contributed by atoms with van der Waals surface area (Å²) in [5.74, 6) is -1.32.